The van der Waals surface area contributed by atoms with Crippen molar-refractivity contribution in [3.8, 4) is 17.6 Å². The summed E-state index contributed by atoms with van der Waals surface area (Å²) in [6.45, 7) is 6.91. The zero-order valence-electron chi connectivity index (χ0n) is 17.0. The molecule has 0 saturated carbocycles. The third kappa shape index (κ3) is 5.49. The number of hydrogen-bond donors (Lipinski definition) is 1. The maximum absolute atomic E-state index is 9.27. The van der Waals surface area contributed by atoms with Crippen molar-refractivity contribution in [1.82, 2.24) is 4.98 Å². The van der Waals surface area contributed by atoms with Crippen molar-refractivity contribution in [2.45, 2.75) is 52.4 Å². The average Bonchev–Trinajstić information content (AvgIpc) is 3.12. The summed E-state index contributed by atoms with van der Waals surface area (Å²) in [5.41, 5.74) is 3.81. The first kappa shape index (κ1) is 21.3. The highest BCUT2D eigenvalue weighted by atomic mass is 16.5. The maximum atomic E-state index is 9.27. The van der Waals surface area contributed by atoms with Crippen LogP contribution in [0.3, 0.4) is 0 Å². The highest BCUT2D eigenvalue weighted by molar-refractivity contribution is 5.81. The number of rotatable bonds is 11. The number of aromatic nitrogens is 1. The van der Waals surface area contributed by atoms with E-state index >= 15 is 0 Å². The number of nitriles is 1. The van der Waals surface area contributed by atoms with E-state index in [-0.39, 0.29) is 17.5 Å². The van der Waals surface area contributed by atoms with Crippen molar-refractivity contribution in [1.29, 1.82) is 5.26 Å². The zero-order chi connectivity index (χ0) is 20.4. The number of hydrazone groups is 1. The van der Waals surface area contributed by atoms with Gasteiger partial charge in [0.2, 0.25) is 11.6 Å². The fourth-order valence-corrected chi connectivity index (χ4v) is 2.68. The van der Waals surface area contributed by atoms with E-state index in [1.165, 1.54) is 0 Å². The van der Waals surface area contributed by atoms with E-state index in [0.29, 0.717) is 24.0 Å². The van der Waals surface area contributed by atoms with Crippen LogP contribution in [0.15, 0.2) is 27.7 Å². The molecule has 28 heavy (non-hydrogen) atoms. The van der Waals surface area contributed by atoms with E-state index in [2.05, 4.69) is 36.3 Å². The summed E-state index contributed by atoms with van der Waals surface area (Å²) in [6, 6.07) is 7.62. The molecule has 1 N–H and O–H groups in total. The Bertz CT molecular complexity index is 820. The number of oxazole rings is 1. The van der Waals surface area contributed by atoms with Gasteiger partial charge in [0.25, 0.3) is 5.88 Å². The van der Waals surface area contributed by atoms with E-state index in [9.17, 15) is 5.26 Å². The standard InChI is InChI=1S/C21H28N4O3/c1-5-8-11-27-18-10-9-15(12-19(18)26-4)14-23-25-21-17(13-22)24-20(28-21)16(6-2)7-3/h9-10,12,14,16,25H,5-8,11H2,1-4H3/b23-14+. The van der Waals surface area contributed by atoms with Crippen molar-refractivity contribution in [2.24, 2.45) is 5.10 Å². The third-order valence-electron chi connectivity index (χ3n) is 4.41. The minimum Gasteiger partial charge on any atom is -0.493 e. The van der Waals surface area contributed by atoms with Gasteiger partial charge in [-0.15, -0.1) is 0 Å². The highest BCUT2D eigenvalue weighted by Crippen LogP contribution is 2.28. The van der Waals surface area contributed by atoms with Gasteiger partial charge in [0.1, 0.15) is 6.07 Å². The highest BCUT2D eigenvalue weighted by Gasteiger charge is 2.18. The molecular formula is C21H28N4O3. The second-order valence-corrected chi connectivity index (χ2v) is 6.34. The van der Waals surface area contributed by atoms with E-state index in [4.69, 9.17) is 13.9 Å². The van der Waals surface area contributed by atoms with E-state index in [1.54, 1.807) is 13.3 Å². The van der Waals surface area contributed by atoms with Gasteiger partial charge in [0, 0.05) is 5.92 Å². The number of benzene rings is 1. The molecule has 1 aromatic heterocycles. The number of hydrogen-bond acceptors (Lipinski definition) is 7. The van der Waals surface area contributed by atoms with Crippen LogP contribution >= 0.6 is 0 Å². The van der Waals surface area contributed by atoms with Gasteiger partial charge in [-0.05, 0) is 43.0 Å². The molecule has 0 bridgehead atoms. The quantitative estimate of drug-likeness (QED) is 0.330. The first-order valence-corrected chi connectivity index (χ1v) is 9.67. The molecule has 0 aliphatic heterocycles. The van der Waals surface area contributed by atoms with E-state index < -0.39 is 0 Å². The number of anilines is 1. The summed E-state index contributed by atoms with van der Waals surface area (Å²) in [6.07, 6.45) is 5.49. The summed E-state index contributed by atoms with van der Waals surface area (Å²) in [7, 11) is 1.61. The lowest BCUT2D eigenvalue weighted by molar-refractivity contribution is 0.288. The summed E-state index contributed by atoms with van der Waals surface area (Å²) in [5.74, 6) is 2.36. The largest absolute Gasteiger partial charge is 0.493 e. The first-order valence-electron chi connectivity index (χ1n) is 9.67. The SMILES string of the molecule is CCCCOc1ccc(/C=N/Nc2oc(C(CC)CC)nc2C#N)cc1OC. The van der Waals surface area contributed by atoms with E-state index in [1.807, 2.05) is 24.3 Å². The molecular weight excluding hydrogens is 356 g/mol. The topological polar surface area (TPSA) is 92.7 Å². The van der Waals surface area contributed by atoms with Crippen LogP contribution in [-0.2, 0) is 0 Å². The lowest BCUT2D eigenvalue weighted by atomic mass is 10.0. The molecule has 1 aromatic carbocycles. The lowest BCUT2D eigenvalue weighted by Gasteiger charge is -2.10. The van der Waals surface area contributed by atoms with E-state index in [0.717, 1.165) is 31.2 Å². The minimum atomic E-state index is 0.191. The number of ether oxygens (including phenoxy) is 2. The molecule has 1 heterocycles. The number of methoxy groups -OCH3 is 1. The zero-order valence-corrected chi connectivity index (χ0v) is 17.0. The maximum Gasteiger partial charge on any atom is 0.252 e. The molecule has 2 aromatic rings. The smallest absolute Gasteiger partial charge is 0.252 e. The summed E-state index contributed by atoms with van der Waals surface area (Å²) in [4.78, 5) is 4.27. The second-order valence-electron chi connectivity index (χ2n) is 6.34. The Hall–Kier alpha value is -3.01. The van der Waals surface area contributed by atoms with Gasteiger partial charge in [-0.25, -0.2) is 10.4 Å². The van der Waals surface area contributed by atoms with Crippen LogP contribution in [0.5, 0.6) is 11.5 Å². The lowest BCUT2D eigenvalue weighted by Crippen LogP contribution is -1.99. The van der Waals surface area contributed by atoms with Crippen LogP contribution in [0, 0.1) is 11.3 Å². The van der Waals surface area contributed by atoms with Crippen LogP contribution in [0.1, 0.15) is 69.5 Å². The molecule has 0 aliphatic rings. The Morgan fingerprint density at radius 2 is 2.07 bits per heavy atom. The van der Waals surface area contributed by atoms with Crippen molar-refractivity contribution < 1.29 is 13.9 Å². The minimum absolute atomic E-state index is 0.191. The Balaban J connectivity index is 2.09. The predicted molar refractivity (Wildman–Crippen MR) is 109 cm³/mol. The van der Waals surface area contributed by atoms with Crippen LogP contribution in [-0.4, -0.2) is 24.9 Å². The molecule has 0 spiro atoms. The molecule has 7 nitrogen and oxygen atoms in total. The molecule has 2 rings (SSSR count). The van der Waals surface area contributed by atoms with Crippen LogP contribution < -0.4 is 14.9 Å². The van der Waals surface area contributed by atoms with Gasteiger partial charge in [0.15, 0.2) is 11.5 Å². The fraction of sp³-hybridized carbons (Fsp3) is 0.476. The predicted octanol–water partition coefficient (Wildman–Crippen LogP) is 5.08. The Morgan fingerprint density at radius 1 is 1.29 bits per heavy atom. The van der Waals surface area contributed by atoms with Crippen molar-refractivity contribution in [3.63, 3.8) is 0 Å². The molecule has 0 atom stereocenters. The normalized spacial score (nSPS) is 11.0. The van der Waals surface area contributed by atoms with Crippen molar-refractivity contribution >= 4 is 12.1 Å². The van der Waals surface area contributed by atoms with Crippen LogP contribution in [0.25, 0.3) is 0 Å². The number of nitrogens with one attached hydrogen (secondary N) is 1. The Kier molecular flexibility index (Phi) is 8.35. The van der Waals surface area contributed by atoms with Gasteiger partial charge in [-0.3, -0.25) is 0 Å². The van der Waals surface area contributed by atoms with Gasteiger partial charge < -0.3 is 13.9 Å². The molecule has 0 radical (unpaired) electrons. The first-order chi connectivity index (χ1) is 13.7. The van der Waals surface area contributed by atoms with Gasteiger partial charge in [0.05, 0.1) is 19.9 Å². The Labute approximate surface area is 166 Å². The van der Waals surface area contributed by atoms with Crippen molar-refractivity contribution in [2.75, 3.05) is 19.1 Å². The summed E-state index contributed by atoms with van der Waals surface area (Å²) in [5, 5.41) is 13.4. The van der Waals surface area contributed by atoms with Gasteiger partial charge >= 0.3 is 0 Å². The molecule has 7 heteroatoms. The number of unbranched alkanes of at least 4 members (excludes halogenated alkanes) is 1. The molecule has 150 valence electrons. The van der Waals surface area contributed by atoms with Gasteiger partial charge in [-0.2, -0.15) is 10.4 Å². The monoisotopic (exact) mass is 384 g/mol. The molecule has 0 aliphatic carbocycles. The number of nitrogens with zero attached hydrogens (tertiary/aromatic N) is 3. The summed E-state index contributed by atoms with van der Waals surface area (Å²) >= 11 is 0. The van der Waals surface area contributed by atoms with Gasteiger partial charge in [-0.1, -0.05) is 27.2 Å². The second kappa shape index (κ2) is 11.0. The molecule has 0 fully saturated rings. The molecule has 0 unspecified atom stereocenters. The fourth-order valence-electron chi connectivity index (χ4n) is 2.68. The third-order valence-corrected chi connectivity index (χ3v) is 4.41. The Morgan fingerprint density at radius 3 is 2.71 bits per heavy atom. The van der Waals surface area contributed by atoms with Crippen LogP contribution in [0.2, 0.25) is 0 Å². The van der Waals surface area contributed by atoms with Crippen LogP contribution in [0.4, 0.5) is 5.88 Å². The molecule has 0 amide bonds. The molecule has 0 saturated heterocycles. The van der Waals surface area contributed by atoms with Crippen molar-refractivity contribution in [3.05, 3.63) is 35.3 Å². The average molecular weight is 384 g/mol. The summed E-state index contributed by atoms with van der Waals surface area (Å²) < 4.78 is 16.8.